The van der Waals surface area contributed by atoms with Crippen LogP contribution in [0.4, 0.5) is 0 Å². The largest absolute Gasteiger partial charge is 0.350 e. The second kappa shape index (κ2) is 12.6. The second-order valence-electron chi connectivity index (χ2n) is 6.14. The highest BCUT2D eigenvalue weighted by atomic mass is 16.7. The third-order valence-electron chi connectivity index (χ3n) is 4.11. The van der Waals surface area contributed by atoms with E-state index in [2.05, 4.69) is 6.92 Å². The quantitative estimate of drug-likeness (QED) is 0.510. The fraction of sp³-hybridized carbons (Fsp3) is 1.00. The highest BCUT2D eigenvalue weighted by molar-refractivity contribution is 4.66. The minimum atomic E-state index is -0.0341. The first-order chi connectivity index (χ1) is 9.83. The maximum atomic E-state index is 6.10. The number of hydrogen-bond acceptors (Lipinski definition) is 3. The van der Waals surface area contributed by atoms with E-state index in [4.69, 9.17) is 15.2 Å². The second-order valence-corrected chi connectivity index (χ2v) is 6.14. The van der Waals surface area contributed by atoms with E-state index in [0.717, 1.165) is 26.1 Å². The normalized spacial score (nSPS) is 17.7. The standard InChI is InChI=1S/C17H35NO2/c1-2-3-4-5-6-7-8-9-10-11-12-16(18)15-17-19-13-14-20-17/h16-17H,2-15,18H2,1H3. The Morgan fingerprint density at radius 3 is 1.90 bits per heavy atom. The fourth-order valence-corrected chi connectivity index (χ4v) is 2.80. The Hall–Kier alpha value is -0.120. The summed E-state index contributed by atoms with van der Waals surface area (Å²) in [7, 11) is 0. The SMILES string of the molecule is CCCCCCCCCCCCC(N)CC1OCCO1. The topological polar surface area (TPSA) is 44.5 Å². The molecule has 1 unspecified atom stereocenters. The number of unbranched alkanes of at least 4 members (excludes halogenated alkanes) is 9. The van der Waals surface area contributed by atoms with Crippen LogP contribution in [-0.4, -0.2) is 25.5 Å². The molecule has 1 saturated heterocycles. The zero-order valence-electron chi connectivity index (χ0n) is 13.4. The molecule has 20 heavy (non-hydrogen) atoms. The maximum absolute atomic E-state index is 6.10. The average Bonchev–Trinajstić information content (AvgIpc) is 2.93. The van der Waals surface area contributed by atoms with Gasteiger partial charge in [-0.15, -0.1) is 0 Å². The molecule has 1 fully saturated rings. The van der Waals surface area contributed by atoms with Crippen LogP contribution in [0.25, 0.3) is 0 Å². The van der Waals surface area contributed by atoms with Crippen LogP contribution in [-0.2, 0) is 9.47 Å². The first-order valence-electron chi connectivity index (χ1n) is 8.81. The molecule has 1 rings (SSSR count). The van der Waals surface area contributed by atoms with Gasteiger partial charge in [0.05, 0.1) is 13.2 Å². The summed E-state index contributed by atoms with van der Waals surface area (Å²) in [6.45, 7) is 3.74. The van der Waals surface area contributed by atoms with Crippen molar-refractivity contribution in [3.8, 4) is 0 Å². The summed E-state index contributed by atoms with van der Waals surface area (Å²) in [4.78, 5) is 0. The number of nitrogens with two attached hydrogens (primary N) is 1. The Balaban J connectivity index is 1.77. The smallest absolute Gasteiger partial charge is 0.159 e. The van der Waals surface area contributed by atoms with Crippen molar-refractivity contribution < 1.29 is 9.47 Å². The summed E-state index contributed by atoms with van der Waals surface area (Å²) >= 11 is 0. The van der Waals surface area contributed by atoms with E-state index < -0.39 is 0 Å². The molecule has 1 atom stereocenters. The molecule has 1 aliphatic rings. The molecule has 0 radical (unpaired) electrons. The summed E-state index contributed by atoms with van der Waals surface area (Å²) < 4.78 is 10.8. The molecule has 0 aromatic rings. The van der Waals surface area contributed by atoms with E-state index in [0.29, 0.717) is 0 Å². The van der Waals surface area contributed by atoms with Crippen molar-refractivity contribution in [2.24, 2.45) is 5.73 Å². The average molecular weight is 285 g/mol. The highest BCUT2D eigenvalue weighted by Gasteiger charge is 2.18. The summed E-state index contributed by atoms with van der Waals surface area (Å²) in [6, 6.07) is 0.243. The van der Waals surface area contributed by atoms with Crippen molar-refractivity contribution in [1.29, 1.82) is 0 Å². The van der Waals surface area contributed by atoms with Gasteiger partial charge in [-0.3, -0.25) is 0 Å². The number of hydrogen-bond donors (Lipinski definition) is 1. The highest BCUT2D eigenvalue weighted by Crippen LogP contribution is 2.15. The number of ether oxygens (including phenoxy) is 2. The van der Waals surface area contributed by atoms with E-state index >= 15 is 0 Å². The molecule has 0 aliphatic carbocycles. The van der Waals surface area contributed by atoms with Crippen LogP contribution >= 0.6 is 0 Å². The molecule has 0 bridgehead atoms. The van der Waals surface area contributed by atoms with Gasteiger partial charge < -0.3 is 15.2 Å². The van der Waals surface area contributed by atoms with Gasteiger partial charge in [0.1, 0.15) is 0 Å². The molecule has 3 heteroatoms. The molecular formula is C17H35NO2. The van der Waals surface area contributed by atoms with Gasteiger partial charge in [0.15, 0.2) is 6.29 Å². The lowest BCUT2D eigenvalue weighted by Gasteiger charge is -2.15. The Morgan fingerprint density at radius 2 is 1.35 bits per heavy atom. The van der Waals surface area contributed by atoms with Crippen molar-refractivity contribution >= 4 is 0 Å². The molecule has 3 nitrogen and oxygen atoms in total. The predicted molar refractivity (Wildman–Crippen MR) is 84.7 cm³/mol. The molecule has 1 heterocycles. The minimum Gasteiger partial charge on any atom is -0.350 e. The summed E-state index contributed by atoms with van der Waals surface area (Å²) in [5.41, 5.74) is 6.10. The van der Waals surface area contributed by atoms with Crippen LogP contribution in [0.15, 0.2) is 0 Å². The van der Waals surface area contributed by atoms with Gasteiger partial charge in [-0.1, -0.05) is 71.1 Å². The van der Waals surface area contributed by atoms with Crippen molar-refractivity contribution in [3.05, 3.63) is 0 Å². The van der Waals surface area contributed by atoms with Crippen molar-refractivity contribution in [1.82, 2.24) is 0 Å². The van der Waals surface area contributed by atoms with Gasteiger partial charge >= 0.3 is 0 Å². The van der Waals surface area contributed by atoms with Gasteiger partial charge in [0.2, 0.25) is 0 Å². The van der Waals surface area contributed by atoms with Gasteiger partial charge in [0, 0.05) is 12.5 Å². The fourth-order valence-electron chi connectivity index (χ4n) is 2.80. The number of rotatable bonds is 13. The van der Waals surface area contributed by atoms with Crippen molar-refractivity contribution in [2.75, 3.05) is 13.2 Å². The predicted octanol–water partition coefficient (Wildman–Crippen LogP) is 4.39. The van der Waals surface area contributed by atoms with E-state index in [9.17, 15) is 0 Å². The van der Waals surface area contributed by atoms with Gasteiger partial charge in [-0.25, -0.2) is 0 Å². The van der Waals surface area contributed by atoms with E-state index in [-0.39, 0.29) is 12.3 Å². The molecule has 120 valence electrons. The summed E-state index contributed by atoms with van der Waals surface area (Å²) in [5, 5.41) is 0. The zero-order chi connectivity index (χ0) is 14.5. The molecular weight excluding hydrogens is 250 g/mol. The summed E-state index contributed by atoms with van der Waals surface area (Å²) in [6.07, 6.45) is 15.7. The molecule has 2 N–H and O–H groups in total. The van der Waals surface area contributed by atoms with Crippen LogP contribution in [0.5, 0.6) is 0 Å². The molecule has 1 aliphatic heterocycles. The van der Waals surface area contributed by atoms with Crippen LogP contribution in [0.1, 0.15) is 84.0 Å². The zero-order valence-corrected chi connectivity index (χ0v) is 13.4. The van der Waals surface area contributed by atoms with E-state index in [1.165, 1.54) is 64.2 Å². The van der Waals surface area contributed by atoms with Gasteiger partial charge in [-0.05, 0) is 6.42 Å². The lowest BCUT2D eigenvalue weighted by atomic mass is 10.0. The summed E-state index contributed by atoms with van der Waals surface area (Å²) in [5.74, 6) is 0. The monoisotopic (exact) mass is 285 g/mol. The molecule has 0 amide bonds. The van der Waals surface area contributed by atoms with Gasteiger partial charge in [-0.2, -0.15) is 0 Å². The molecule has 0 aromatic carbocycles. The molecule has 0 saturated carbocycles. The van der Waals surface area contributed by atoms with Crippen molar-refractivity contribution in [2.45, 2.75) is 96.3 Å². The first kappa shape index (κ1) is 17.9. The van der Waals surface area contributed by atoms with Crippen LogP contribution in [0, 0.1) is 0 Å². The Labute approximate surface area is 125 Å². The third kappa shape index (κ3) is 9.73. The van der Waals surface area contributed by atoms with Crippen LogP contribution in [0.3, 0.4) is 0 Å². The Morgan fingerprint density at radius 1 is 0.850 bits per heavy atom. The molecule has 0 aromatic heterocycles. The van der Waals surface area contributed by atoms with Crippen molar-refractivity contribution in [3.63, 3.8) is 0 Å². The minimum absolute atomic E-state index is 0.0341. The maximum Gasteiger partial charge on any atom is 0.159 e. The van der Waals surface area contributed by atoms with E-state index in [1.807, 2.05) is 0 Å². The lowest BCUT2D eigenvalue weighted by molar-refractivity contribution is -0.0510. The lowest BCUT2D eigenvalue weighted by Crippen LogP contribution is -2.26. The van der Waals surface area contributed by atoms with Crippen LogP contribution in [0.2, 0.25) is 0 Å². The Kier molecular flexibility index (Phi) is 11.3. The Bertz CT molecular complexity index is 205. The first-order valence-corrected chi connectivity index (χ1v) is 8.81. The molecule has 0 spiro atoms. The third-order valence-corrected chi connectivity index (χ3v) is 4.11. The van der Waals surface area contributed by atoms with Crippen LogP contribution < -0.4 is 5.73 Å². The van der Waals surface area contributed by atoms with E-state index in [1.54, 1.807) is 0 Å². The van der Waals surface area contributed by atoms with Gasteiger partial charge in [0.25, 0.3) is 0 Å².